The molecule has 0 fully saturated rings. The minimum Gasteiger partial charge on any atom is -0.337 e. The molecule has 1 aromatic carbocycles. The van der Waals surface area contributed by atoms with Gasteiger partial charge in [-0.1, -0.05) is 173 Å². The van der Waals surface area contributed by atoms with Crippen LogP contribution in [0.4, 0.5) is 0 Å². The van der Waals surface area contributed by atoms with Crippen molar-refractivity contribution in [2.45, 2.75) is 186 Å². The van der Waals surface area contributed by atoms with Gasteiger partial charge in [0.15, 0.2) is 0 Å². The number of rotatable bonds is 28. The summed E-state index contributed by atoms with van der Waals surface area (Å²) in [6, 6.07) is 6.52. The minimum absolute atomic E-state index is 1.02. The van der Waals surface area contributed by atoms with E-state index >= 15 is 0 Å². The molecular formula is C34H63O2PS2. The maximum absolute atomic E-state index is 10.1. The molecule has 0 aliphatic rings. The molecular weight excluding hydrogens is 535 g/mol. The number of unbranched alkanes of at least 4 members (excludes halogenated alkanes) is 22. The molecule has 228 valence electrons. The number of benzene rings is 1. The quantitative estimate of drug-likeness (QED) is 0.0743. The smallest absolute Gasteiger partial charge is 0.246 e. The standard InChI is InChI=1S/C34H63O2PS2/c1-3-5-7-9-11-13-15-17-19-21-23-25-28-32-30-27-31-33(34(32)39-37(35,36)38)29-26-24-22-20-18-16-14-12-10-8-6-4-2/h27,30-31H,3-26,28-29H2,1-2H3,(H2,35,36,38). The molecule has 0 aromatic heterocycles. The second-order valence-corrected chi connectivity index (χ2v) is 17.6. The van der Waals surface area contributed by atoms with Gasteiger partial charge in [0.1, 0.15) is 0 Å². The van der Waals surface area contributed by atoms with Crippen molar-refractivity contribution in [2.24, 2.45) is 0 Å². The van der Waals surface area contributed by atoms with Gasteiger partial charge in [-0.3, -0.25) is 0 Å². The summed E-state index contributed by atoms with van der Waals surface area (Å²) in [5, 5.41) is 0. The summed E-state index contributed by atoms with van der Waals surface area (Å²) in [4.78, 5) is 21.3. The number of aryl methyl sites for hydroxylation is 2. The molecule has 2 N–H and O–H groups in total. The molecule has 0 saturated heterocycles. The highest BCUT2D eigenvalue weighted by Crippen LogP contribution is 2.56. The fourth-order valence-corrected chi connectivity index (χ4v) is 8.48. The van der Waals surface area contributed by atoms with Gasteiger partial charge in [-0.05, 0) is 60.0 Å². The van der Waals surface area contributed by atoms with E-state index in [0.29, 0.717) is 0 Å². The Morgan fingerprint density at radius 1 is 0.513 bits per heavy atom. The van der Waals surface area contributed by atoms with Crippen molar-refractivity contribution in [3.8, 4) is 0 Å². The molecule has 0 spiro atoms. The van der Waals surface area contributed by atoms with Gasteiger partial charge in [-0.2, -0.15) is 0 Å². The van der Waals surface area contributed by atoms with Crippen LogP contribution in [0.25, 0.3) is 0 Å². The predicted octanol–water partition coefficient (Wildman–Crippen LogP) is 12.5. The van der Waals surface area contributed by atoms with E-state index in [9.17, 15) is 9.79 Å². The van der Waals surface area contributed by atoms with Gasteiger partial charge in [0.2, 0.25) is 5.69 Å². The van der Waals surface area contributed by atoms with Crippen molar-refractivity contribution in [3.63, 3.8) is 0 Å². The average Bonchev–Trinajstić information content (AvgIpc) is 2.90. The monoisotopic (exact) mass is 598 g/mol. The fraction of sp³-hybridized carbons (Fsp3) is 0.824. The van der Waals surface area contributed by atoms with Crippen LogP contribution in [0.1, 0.15) is 179 Å². The summed E-state index contributed by atoms with van der Waals surface area (Å²) in [5.74, 6) is 0. The summed E-state index contributed by atoms with van der Waals surface area (Å²) < 4.78 is 0. The Kier molecular flexibility index (Phi) is 24.6. The molecule has 0 bridgehead atoms. The maximum Gasteiger partial charge on any atom is 0.246 e. The van der Waals surface area contributed by atoms with E-state index in [1.165, 1.54) is 165 Å². The molecule has 0 aliphatic carbocycles. The first-order valence-electron chi connectivity index (χ1n) is 16.8. The lowest BCUT2D eigenvalue weighted by Crippen LogP contribution is -1.96. The molecule has 2 nitrogen and oxygen atoms in total. The first-order chi connectivity index (χ1) is 19.0. The molecule has 0 saturated carbocycles. The van der Waals surface area contributed by atoms with Crippen LogP contribution in [0.3, 0.4) is 0 Å². The van der Waals surface area contributed by atoms with E-state index in [4.69, 9.17) is 11.8 Å². The van der Waals surface area contributed by atoms with Crippen LogP contribution in [0.5, 0.6) is 0 Å². The Labute approximate surface area is 252 Å². The summed E-state index contributed by atoms with van der Waals surface area (Å²) >= 11 is 6.20. The SMILES string of the molecule is CCCCCCCCCCCCCCc1cccc(CCCCCCCCCCCCCC)c1SP(O)(O)=S. The molecule has 1 aromatic rings. The van der Waals surface area contributed by atoms with Crippen molar-refractivity contribution in [1.82, 2.24) is 0 Å². The molecule has 0 heterocycles. The lowest BCUT2D eigenvalue weighted by molar-refractivity contribution is 0.502. The summed E-state index contributed by atoms with van der Waals surface area (Å²) in [7, 11) is 0. The average molecular weight is 599 g/mol. The van der Waals surface area contributed by atoms with Crippen molar-refractivity contribution in [1.29, 1.82) is 0 Å². The van der Waals surface area contributed by atoms with E-state index in [0.717, 1.165) is 29.1 Å². The van der Waals surface area contributed by atoms with Crippen LogP contribution in [-0.4, -0.2) is 9.79 Å². The number of hydrogen-bond donors (Lipinski definition) is 2. The van der Waals surface area contributed by atoms with Gasteiger partial charge in [-0.25, -0.2) is 0 Å². The van der Waals surface area contributed by atoms with Crippen LogP contribution < -0.4 is 0 Å². The zero-order valence-corrected chi connectivity index (χ0v) is 28.3. The molecule has 1 rings (SSSR count). The fourth-order valence-electron chi connectivity index (χ4n) is 5.58. The summed E-state index contributed by atoms with van der Waals surface area (Å²) in [6.07, 6.45) is 34.5. The van der Waals surface area contributed by atoms with E-state index in [1.54, 1.807) is 0 Å². The largest absolute Gasteiger partial charge is 0.337 e. The molecule has 0 unspecified atom stereocenters. The second kappa shape index (κ2) is 25.8. The normalized spacial score (nSPS) is 11.9. The lowest BCUT2D eigenvalue weighted by Gasteiger charge is -2.16. The van der Waals surface area contributed by atoms with Crippen LogP contribution in [0.2, 0.25) is 0 Å². The maximum atomic E-state index is 10.1. The first-order valence-corrected chi connectivity index (χ1v) is 21.0. The molecule has 39 heavy (non-hydrogen) atoms. The Balaban J connectivity index is 2.29. The van der Waals surface area contributed by atoms with E-state index in [1.807, 2.05) is 0 Å². The van der Waals surface area contributed by atoms with Gasteiger partial charge < -0.3 is 9.79 Å². The highest BCUT2D eigenvalue weighted by Gasteiger charge is 2.17. The Hall–Kier alpha value is 0.140. The first kappa shape index (κ1) is 37.2. The van der Waals surface area contributed by atoms with Crippen molar-refractivity contribution < 1.29 is 9.79 Å². The van der Waals surface area contributed by atoms with E-state index < -0.39 is 5.69 Å². The summed E-state index contributed by atoms with van der Waals surface area (Å²) in [6.45, 7) is 4.56. The molecule has 0 aliphatic heterocycles. The van der Waals surface area contributed by atoms with Gasteiger partial charge in [-0.15, -0.1) is 0 Å². The van der Waals surface area contributed by atoms with Crippen LogP contribution in [-0.2, 0) is 24.6 Å². The van der Waals surface area contributed by atoms with Gasteiger partial charge in [0.25, 0.3) is 0 Å². The van der Waals surface area contributed by atoms with Crippen molar-refractivity contribution in [3.05, 3.63) is 29.3 Å². The van der Waals surface area contributed by atoms with Crippen LogP contribution in [0, 0.1) is 0 Å². The van der Waals surface area contributed by atoms with Crippen LogP contribution >= 0.6 is 17.1 Å². The van der Waals surface area contributed by atoms with Crippen molar-refractivity contribution >= 4 is 28.9 Å². The predicted molar refractivity (Wildman–Crippen MR) is 181 cm³/mol. The third kappa shape index (κ3) is 22.4. The van der Waals surface area contributed by atoms with Gasteiger partial charge >= 0.3 is 0 Å². The molecule has 0 amide bonds. The van der Waals surface area contributed by atoms with E-state index in [-0.39, 0.29) is 0 Å². The molecule has 5 heteroatoms. The Morgan fingerprint density at radius 3 is 1.08 bits per heavy atom. The third-order valence-corrected chi connectivity index (χ3v) is 10.9. The van der Waals surface area contributed by atoms with Gasteiger partial charge in [0.05, 0.1) is 0 Å². The molecule has 0 radical (unpaired) electrons. The van der Waals surface area contributed by atoms with Gasteiger partial charge in [0, 0.05) is 4.90 Å². The number of hydrogen-bond acceptors (Lipinski definition) is 2. The highest BCUT2D eigenvalue weighted by atomic mass is 32.9. The molecule has 0 atom stereocenters. The van der Waals surface area contributed by atoms with Crippen LogP contribution in [0.15, 0.2) is 23.1 Å². The second-order valence-electron chi connectivity index (χ2n) is 11.8. The highest BCUT2D eigenvalue weighted by molar-refractivity contribution is 8.67. The summed E-state index contributed by atoms with van der Waals surface area (Å²) in [5.41, 5.74) is -0.802. The third-order valence-electron chi connectivity index (χ3n) is 7.99. The van der Waals surface area contributed by atoms with Crippen molar-refractivity contribution in [2.75, 3.05) is 0 Å². The zero-order valence-electron chi connectivity index (χ0n) is 25.8. The Morgan fingerprint density at radius 2 is 0.795 bits per heavy atom. The zero-order chi connectivity index (χ0) is 28.4. The van der Waals surface area contributed by atoms with E-state index in [2.05, 4.69) is 32.0 Å². The Bertz CT molecular complexity index is 688. The topological polar surface area (TPSA) is 40.5 Å². The lowest BCUT2D eigenvalue weighted by atomic mass is 9.99. The minimum atomic E-state index is -3.33.